The summed E-state index contributed by atoms with van der Waals surface area (Å²) in [6.07, 6.45) is 3.41. The van der Waals surface area contributed by atoms with Crippen LogP contribution in [-0.4, -0.2) is 30.0 Å². The molecule has 1 saturated heterocycles. The van der Waals surface area contributed by atoms with Crippen LogP contribution in [0.15, 0.2) is 42.5 Å². The molecule has 1 fully saturated rings. The highest BCUT2D eigenvalue weighted by atomic mass is 16.5. The summed E-state index contributed by atoms with van der Waals surface area (Å²) in [5, 5.41) is 3.04. The first-order chi connectivity index (χ1) is 14.4. The molecule has 1 atom stereocenters. The molecule has 0 saturated carbocycles. The van der Waals surface area contributed by atoms with Gasteiger partial charge in [0.15, 0.2) is 6.10 Å². The first-order valence-electron chi connectivity index (χ1n) is 11.3. The molecule has 0 bridgehead atoms. The van der Waals surface area contributed by atoms with E-state index < -0.39 is 6.10 Å². The average Bonchev–Trinajstić information content (AvgIpc) is 2.73. The normalized spacial score (nSPS) is 15.8. The molecule has 1 unspecified atom stereocenters. The van der Waals surface area contributed by atoms with Crippen LogP contribution >= 0.6 is 0 Å². The second kappa shape index (κ2) is 10.6. The molecule has 1 aliphatic heterocycles. The molecule has 3 rings (SSSR count). The lowest BCUT2D eigenvalue weighted by molar-refractivity contribution is -0.127. The minimum Gasteiger partial charge on any atom is -0.481 e. The van der Waals surface area contributed by atoms with Crippen LogP contribution in [0.2, 0.25) is 0 Å². The molecule has 1 heterocycles. The molecule has 0 aromatic heterocycles. The van der Waals surface area contributed by atoms with E-state index >= 15 is 0 Å². The van der Waals surface area contributed by atoms with E-state index in [1.807, 2.05) is 19.9 Å². The van der Waals surface area contributed by atoms with Gasteiger partial charge in [0.1, 0.15) is 5.75 Å². The number of hydrogen-bond acceptors (Lipinski definition) is 3. The van der Waals surface area contributed by atoms with Gasteiger partial charge >= 0.3 is 0 Å². The summed E-state index contributed by atoms with van der Waals surface area (Å²) in [7, 11) is 0. The van der Waals surface area contributed by atoms with Gasteiger partial charge in [-0.05, 0) is 74.0 Å². The lowest BCUT2D eigenvalue weighted by atomic mass is 10.0. The molecule has 4 heteroatoms. The summed E-state index contributed by atoms with van der Waals surface area (Å²) in [5.74, 6) is 1.06. The standard InChI is InChI=1S/C26H36N2O2/c1-19(2)24-12-11-20(3)15-25(24)30-21(4)26(29)27-17-22-9-8-10-23(16-22)18-28-13-6-5-7-14-28/h8-12,15-16,19,21H,5-7,13-14,17-18H2,1-4H3,(H,27,29). The molecular weight excluding hydrogens is 372 g/mol. The Morgan fingerprint density at radius 2 is 1.77 bits per heavy atom. The van der Waals surface area contributed by atoms with E-state index in [9.17, 15) is 4.79 Å². The van der Waals surface area contributed by atoms with Crippen molar-refractivity contribution in [3.05, 3.63) is 64.7 Å². The fourth-order valence-electron chi connectivity index (χ4n) is 4.01. The molecule has 2 aromatic carbocycles. The van der Waals surface area contributed by atoms with Gasteiger partial charge in [-0.1, -0.05) is 56.7 Å². The number of hydrogen-bond donors (Lipinski definition) is 1. The van der Waals surface area contributed by atoms with Crippen molar-refractivity contribution in [3.63, 3.8) is 0 Å². The first kappa shape index (κ1) is 22.4. The summed E-state index contributed by atoms with van der Waals surface area (Å²) >= 11 is 0. The third-order valence-corrected chi connectivity index (χ3v) is 5.78. The Labute approximate surface area is 181 Å². The zero-order valence-corrected chi connectivity index (χ0v) is 18.9. The highest BCUT2D eigenvalue weighted by Gasteiger charge is 2.18. The third kappa shape index (κ3) is 6.33. The maximum atomic E-state index is 12.6. The number of amides is 1. The van der Waals surface area contributed by atoms with Crippen molar-refractivity contribution in [2.24, 2.45) is 0 Å². The van der Waals surface area contributed by atoms with Crippen LogP contribution in [0.5, 0.6) is 5.75 Å². The molecule has 0 radical (unpaired) electrons. The van der Waals surface area contributed by atoms with Gasteiger partial charge in [0.05, 0.1) is 0 Å². The Bertz CT molecular complexity index is 841. The van der Waals surface area contributed by atoms with Gasteiger partial charge in [-0.3, -0.25) is 9.69 Å². The van der Waals surface area contributed by atoms with Crippen LogP contribution in [0.4, 0.5) is 0 Å². The van der Waals surface area contributed by atoms with Gasteiger partial charge in [-0.2, -0.15) is 0 Å². The van der Waals surface area contributed by atoms with Crippen molar-refractivity contribution in [1.82, 2.24) is 10.2 Å². The monoisotopic (exact) mass is 408 g/mol. The second-order valence-electron chi connectivity index (χ2n) is 8.83. The van der Waals surface area contributed by atoms with Crippen LogP contribution in [0, 0.1) is 6.92 Å². The molecule has 1 amide bonds. The number of benzene rings is 2. The Morgan fingerprint density at radius 3 is 2.50 bits per heavy atom. The molecule has 1 aliphatic rings. The fourth-order valence-corrected chi connectivity index (χ4v) is 4.01. The Kier molecular flexibility index (Phi) is 7.92. The smallest absolute Gasteiger partial charge is 0.261 e. The topological polar surface area (TPSA) is 41.6 Å². The number of carbonyl (C=O) groups is 1. The minimum atomic E-state index is -0.541. The van der Waals surface area contributed by atoms with Gasteiger partial charge in [-0.15, -0.1) is 0 Å². The predicted octanol–water partition coefficient (Wildman–Crippen LogP) is 5.19. The highest BCUT2D eigenvalue weighted by molar-refractivity contribution is 5.80. The van der Waals surface area contributed by atoms with Crippen molar-refractivity contribution < 1.29 is 9.53 Å². The van der Waals surface area contributed by atoms with Crippen molar-refractivity contribution in [1.29, 1.82) is 0 Å². The Morgan fingerprint density at radius 1 is 1.03 bits per heavy atom. The zero-order valence-electron chi connectivity index (χ0n) is 18.9. The number of rotatable bonds is 8. The van der Waals surface area contributed by atoms with E-state index in [1.165, 1.54) is 37.9 Å². The van der Waals surface area contributed by atoms with Crippen molar-refractivity contribution in [2.45, 2.75) is 72.1 Å². The van der Waals surface area contributed by atoms with Gasteiger partial charge in [-0.25, -0.2) is 0 Å². The largest absolute Gasteiger partial charge is 0.481 e. The van der Waals surface area contributed by atoms with E-state index in [1.54, 1.807) is 0 Å². The number of nitrogens with zero attached hydrogens (tertiary/aromatic N) is 1. The maximum Gasteiger partial charge on any atom is 0.261 e. The van der Waals surface area contributed by atoms with Crippen LogP contribution in [0.25, 0.3) is 0 Å². The van der Waals surface area contributed by atoms with Crippen LogP contribution in [-0.2, 0) is 17.9 Å². The maximum absolute atomic E-state index is 12.6. The Hall–Kier alpha value is -2.33. The molecular formula is C26H36N2O2. The summed E-state index contributed by atoms with van der Waals surface area (Å²) in [4.78, 5) is 15.2. The zero-order chi connectivity index (χ0) is 21.5. The van der Waals surface area contributed by atoms with Gasteiger partial charge < -0.3 is 10.1 Å². The fraction of sp³-hybridized carbons (Fsp3) is 0.500. The molecule has 0 aliphatic carbocycles. The summed E-state index contributed by atoms with van der Waals surface area (Å²) in [5.41, 5.74) is 4.70. The van der Waals surface area contributed by atoms with Crippen LogP contribution in [0.1, 0.15) is 68.2 Å². The molecule has 30 heavy (non-hydrogen) atoms. The van der Waals surface area contributed by atoms with Gasteiger partial charge in [0.25, 0.3) is 5.91 Å². The molecule has 162 valence electrons. The number of nitrogens with one attached hydrogen (secondary N) is 1. The number of ether oxygens (including phenoxy) is 1. The summed E-state index contributed by atoms with van der Waals surface area (Å²) in [6, 6.07) is 14.7. The third-order valence-electron chi connectivity index (χ3n) is 5.78. The number of piperidine rings is 1. The molecule has 1 N–H and O–H groups in total. The van der Waals surface area contributed by atoms with E-state index in [0.717, 1.165) is 29.0 Å². The van der Waals surface area contributed by atoms with Crippen molar-refractivity contribution in [2.75, 3.05) is 13.1 Å². The van der Waals surface area contributed by atoms with Crippen LogP contribution in [0.3, 0.4) is 0 Å². The minimum absolute atomic E-state index is 0.0901. The quantitative estimate of drug-likeness (QED) is 0.654. The summed E-state index contributed by atoms with van der Waals surface area (Å²) < 4.78 is 6.04. The van der Waals surface area contributed by atoms with E-state index in [2.05, 4.69) is 60.5 Å². The molecule has 2 aromatic rings. The number of likely N-dealkylation sites (tertiary alicyclic amines) is 1. The average molecular weight is 409 g/mol. The lowest BCUT2D eigenvalue weighted by Crippen LogP contribution is -2.36. The van der Waals surface area contributed by atoms with E-state index in [0.29, 0.717) is 12.5 Å². The predicted molar refractivity (Wildman–Crippen MR) is 123 cm³/mol. The number of aryl methyl sites for hydroxylation is 1. The second-order valence-corrected chi connectivity index (χ2v) is 8.83. The SMILES string of the molecule is Cc1ccc(C(C)C)c(OC(C)C(=O)NCc2cccc(CN3CCCCC3)c2)c1. The van der Waals surface area contributed by atoms with Crippen LogP contribution < -0.4 is 10.1 Å². The van der Waals surface area contributed by atoms with E-state index in [4.69, 9.17) is 4.74 Å². The molecule has 0 spiro atoms. The summed E-state index contributed by atoms with van der Waals surface area (Å²) in [6.45, 7) is 12.0. The van der Waals surface area contributed by atoms with Crippen molar-refractivity contribution in [3.8, 4) is 5.75 Å². The first-order valence-corrected chi connectivity index (χ1v) is 11.3. The van der Waals surface area contributed by atoms with Crippen molar-refractivity contribution >= 4 is 5.91 Å². The molecule has 4 nitrogen and oxygen atoms in total. The number of carbonyl (C=O) groups excluding carboxylic acids is 1. The van der Waals surface area contributed by atoms with Gasteiger partial charge in [0, 0.05) is 13.1 Å². The van der Waals surface area contributed by atoms with E-state index in [-0.39, 0.29) is 5.91 Å². The lowest BCUT2D eigenvalue weighted by Gasteiger charge is -2.26. The van der Waals surface area contributed by atoms with Gasteiger partial charge in [0.2, 0.25) is 0 Å². The highest BCUT2D eigenvalue weighted by Crippen LogP contribution is 2.28. The Balaban J connectivity index is 1.55.